The molecule has 0 amide bonds. The summed E-state index contributed by atoms with van der Waals surface area (Å²) in [5.41, 5.74) is -3.76. The average Bonchev–Trinajstić information content (AvgIpc) is 3.52. The molecule has 2 fully saturated rings. The SMILES string of the molecule is C[Si](C)(C)CCOCOc1cc(Br)cc2c1nc(C1CC1)n2C1CCN(S(=O)(=O)C(F)(F)F)CC1. The Balaban J connectivity index is 1.55. The van der Waals surface area contributed by atoms with Crippen LogP contribution in [0.1, 0.15) is 43.5 Å². The first-order valence-electron chi connectivity index (χ1n) is 11.8. The van der Waals surface area contributed by atoms with Crippen LogP contribution < -0.4 is 4.74 Å². The number of nitrogens with zero attached hydrogens (tertiary/aromatic N) is 3. The number of imidazole rings is 1. The molecular formula is C22H31BrF3N3O4SSi. The van der Waals surface area contributed by atoms with Gasteiger partial charge in [0.2, 0.25) is 0 Å². The fourth-order valence-electron chi connectivity index (χ4n) is 4.30. The van der Waals surface area contributed by atoms with Crippen LogP contribution in [0, 0.1) is 0 Å². The van der Waals surface area contributed by atoms with Crippen molar-refractivity contribution in [2.75, 3.05) is 26.5 Å². The molecule has 4 rings (SSSR count). The molecule has 2 aromatic rings. The minimum absolute atomic E-state index is 0.106. The summed E-state index contributed by atoms with van der Waals surface area (Å²) >= 11 is 3.54. The summed E-state index contributed by atoms with van der Waals surface area (Å²) in [6, 6.07) is 4.67. The maximum absolute atomic E-state index is 13.0. The van der Waals surface area contributed by atoms with Crippen LogP contribution in [0.3, 0.4) is 0 Å². The second-order valence-electron chi connectivity index (χ2n) is 10.4. The highest BCUT2D eigenvalue weighted by Crippen LogP contribution is 2.45. The predicted molar refractivity (Wildman–Crippen MR) is 134 cm³/mol. The van der Waals surface area contributed by atoms with Crippen LogP contribution in [0.25, 0.3) is 11.0 Å². The van der Waals surface area contributed by atoms with Gasteiger partial charge in [-0.25, -0.2) is 13.4 Å². The monoisotopic (exact) mass is 597 g/mol. The molecule has 0 N–H and O–H groups in total. The van der Waals surface area contributed by atoms with E-state index in [2.05, 4.69) is 40.1 Å². The minimum atomic E-state index is -5.32. The van der Waals surface area contributed by atoms with Crippen molar-refractivity contribution in [2.45, 2.75) is 68.8 Å². The third kappa shape index (κ3) is 6.05. The van der Waals surface area contributed by atoms with Crippen molar-refractivity contribution in [3.8, 4) is 5.75 Å². The Morgan fingerprint density at radius 1 is 1.14 bits per heavy atom. The number of halogens is 4. The predicted octanol–water partition coefficient (Wildman–Crippen LogP) is 5.85. The van der Waals surface area contributed by atoms with Crippen molar-refractivity contribution in [1.29, 1.82) is 0 Å². The van der Waals surface area contributed by atoms with E-state index in [0.717, 1.165) is 34.7 Å². The van der Waals surface area contributed by atoms with Gasteiger partial charge >= 0.3 is 15.5 Å². The van der Waals surface area contributed by atoms with Crippen LogP contribution in [-0.4, -0.2) is 62.3 Å². The van der Waals surface area contributed by atoms with E-state index in [1.165, 1.54) is 0 Å². The van der Waals surface area contributed by atoms with E-state index >= 15 is 0 Å². The number of rotatable bonds is 9. The summed E-state index contributed by atoms with van der Waals surface area (Å²) in [6.45, 7) is 7.22. The highest BCUT2D eigenvalue weighted by molar-refractivity contribution is 9.10. The first-order valence-corrected chi connectivity index (χ1v) is 17.7. The maximum Gasteiger partial charge on any atom is 0.511 e. The van der Waals surface area contributed by atoms with Gasteiger partial charge in [0.1, 0.15) is 11.3 Å². The number of ether oxygens (including phenoxy) is 2. The lowest BCUT2D eigenvalue weighted by molar-refractivity contribution is -0.0496. The highest BCUT2D eigenvalue weighted by atomic mass is 79.9. The molecule has 1 aromatic heterocycles. The Morgan fingerprint density at radius 2 is 1.80 bits per heavy atom. The van der Waals surface area contributed by atoms with Crippen LogP contribution in [0.2, 0.25) is 25.7 Å². The lowest BCUT2D eigenvalue weighted by Gasteiger charge is -2.33. The molecule has 1 aromatic carbocycles. The van der Waals surface area contributed by atoms with Gasteiger partial charge in [-0.05, 0) is 43.9 Å². The molecule has 0 bridgehead atoms. The number of hydrogen-bond acceptors (Lipinski definition) is 5. The lowest BCUT2D eigenvalue weighted by atomic mass is 10.1. The second-order valence-corrected chi connectivity index (χ2v) is 18.9. The Labute approximate surface area is 213 Å². The zero-order chi connectivity index (χ0) is 25.6. The standard InChI is InChI=1S/C22H31BrF3N3O4SSi/c1-35(2,3)11-10-32-14-33-19-13-16(23)12-18-20(19)27-21(15-4-5-15)29(18)17-6-8-28(9-7-17)34(30,31)22(24,25)26/h12-13,15,17H,4-11,14H2,1-3H3. The van der Waals surface area contributed by atoms with Crippen LogP contribution in [0.5, 0.6) is 5.75 Å². The summed E-state index contributed by atoms with van der Waals surface area (Å²) in [4.78, 5) is 4.89. The second kappa shape index (κ2) is 9.96. The van der Waals surface area contributed by atoms with Gasteiger partial charge in [-0.3, -0.25) is 0 Å². The summed E-state index contributed by atoms with van der Waals surface area (Å²) in [5.74, 6) is 1.76. The fraction of sp³-hybridized carbons (Fsp3) is 0.682. The van der Waals surface area contributed by atoms with E-state index in [1.54, 1.807) is 0 Å². The third-order valence-electron chi connectivity index (χ3n) is 6.41. The van der Waals surface area contributed by atoms with Gasteiger partial charge in [0.15, 0.2) is 12.5 Å². The van der Waals surface area contributed by atoms with Gasteiger partial charge in [0.25, 0.3) is 0 Å². The molecule has 7 nitrogen and oxygen atoms in total. The lowest BCUT2D eigenvalue weighted by Crippen LogP contribution is -2.45. The topological polar surface area (TPSA) is 73.7 Å². The Bertz CT molecular complexity index is 1170. The molecule has 0 atom stereocenters. The zero-order valence-corrected chi connectivity index (χ0v) is 23.5. The van der Waals surface area contributed by atoms with Gasteiger partial charge in [-0.1, -0.05) is 35.6 Å². The fourth-order valence-corrected chi connectivity index (χ4v) is 6.47. The maximum atomic E-state index is 13.0. The summed E-state index contributed by atoms with van der Waals surface area (Å²) in [6.07, 6.45) is 2.57. The largest absolute Gasteiger partial charge is 0.511 e. The van der Waals surface area contributed by atoms with E-state index in [-0.39, 0.29) is 38.8 Å². The number of hydrogen-bond donors (Lipinski definition) is 0. The van der Waals surface area contributed by atoms with Crippen molar-refractivity contribution < 1.29 is 31.1 Å². The normalized spacial score (nSPS) is 18.9. The average molecular weight is 599 g/mol. The Kier molecular flexibility index (Phi) is 7.65. The van der Waals surface area contributed by atoms with E-state index in [4.69, 9.17) is 14.5 Å². The van der Waals surface area contributed by atoms with Crippen molar-refractivity contribution >= 4 is 45.1 Å². The summed E-state index contributed by atoms with van der Waals surface area (Å²) in [7, 11) is -6.52. The van der Waals surface area contributed by atoms with Crippen molar-refractivity contribution in [3.05, 3.63) is 22.4 Å². The van der Waals surface area contributed by atoms with Crippen LogP contribution >= 0.6 is 15.9 Å². The van der Waals surface area contributed by atoms with Crippen LogP contribution in [0.4, 0.5) is 13.2 Å². The van der Waals surface area contributed by atoms with E-state index in [0.29, 0.717) is 28.1 Å². The van der Waals surface area contributed by atoms with Crippen LogP contribution in [-0.2, 0) is 14.8 Å². The van der Waals surface area contributed by atoms with Crippen molar-refractivity contribution in [3.63, 3.8) is 0 Å². The molecule has 2 heterocycles. The number of benzene rings is 1. The van der Waals surface area contributed by atoms with Gasteiger partial charge in [-0.2, -0.15) is 17.5 Å². The number of aromatic nitrogens is 2. The zero-order valence-electron chi connectivity index (χ0n) is 20.1. The molecule has 0 spiro atoms. The molecule has 1 aliphatic heterocycles. The quantitative estimate of drug-likeness (QED) is 0.206. The molecule has 1 aliphatic carbocycles. The number of alkyl halides is 3. The highest BCUT2D eigenvalue weighted by Gasteiger charge is 2.50. The van der Waals surface area contributed by atoms with Gasteiger partial charge in [0.05, 0.1) is 5.52 Å². The Morgan fingerprint density at radius 3 is 2.37 bits per heavy atom. The summed E-state index contributed by atoms with van der Waals surface area (Å²) < 4.78 is 77.7. The molecular weight excluding hydrogens is 567 g/mol. The van der Waals surface area contributed by atoms with E-state index < -0.39 is 23.6 Å². The van der Waals surface area contributed by atoms with Crippen LogP contribution in [0.15, 0.2) is 16.6 Å². The van der Waals surface area contributed by atoms with Gasteiger partial charge < -0.3 is 14.0 Å². The van der Waals surface area contributed by atoms with Gasteiger partial charge in [-0.15, -0.1) is 0 Å². The minimum Gasteiger partial charge on any atom is -0.465 e. The molecule has 1 saturated carbocycles. The molecule has 0 radical (unpaired) electrons. The molecule has 1 saturated heterocycles. The smallest absolute Gasteiger partial charge is 0.465 e. The molecule has 0 unspecified atom stereocenters. The van der Waals surface area contributed by atoms with Gasteiger partial charge in [0, 0.05) is 44.2 Å². The van der Waals surface area contributed by atoms with E-state index in [1.807, 2.05) is 12.1 Å². The number of sulfonamides is 1. The van der Waals surface area contributed by atoms with Crippen molar-refractivity contribution in [1.82, 2.24) is 13.9 Å². The first-order chi connectivity index (χ1) is 16.3. The number of piperidine rings is 1. The van der Waals surface area contributed by atoms with Crippen molar-refractivity contribution in [2.24, 2.45) is 0 Å². The molecule has 35 heavy (non-hydrogen) atoms. The third-order valence-corrected chi connectivity index (χ3v) is 10.2. The van der Waals surface area contributed by atoms with E-state index in [9.17, 15) is 21.6 Å². The first kappa shape index (κ1) is 26.9. The molecule has 196 valence electrons. The summed E-state index contributed by atoms with van der Waals surface area (Å²) in [5, 5.41) is 0. The number of fused-ring (bicyclic) bond motifs is 1. The molecule has 13 heteroatoms. The molecule has 2 aliphatic rings. The Hall–Kier alpha value is -1.15.